The van der Waals surface area contributed by atoms with Gasteiger partial charge in [0.25, 0.3) is 0 Å². The Kier molecular flexibility index (Phi) is 7.85. The zero-order valence-corrected chi connectivity index (χ0v) is 15.6. The molecule has 0 saturated carbocycles. The van der Waals surface area contributed by atoms with E-state index in [1.165, 1.54) is 0 Å². The van der Waals surface area contributed by atoms with Crippen LogP contribution in [-0.4, -0.2) is 30.8 Å². The molecular weight excluding hydrogens is 344 g/mol. The van der Waals surface area contributed by atoms with Crippen LogP contribution in [0.2, 0.25) is 0 Å². The van der Waals surface area contributed by atoms with Crippen LogP contribution in [0.25, 0.3) is 0 Å². The predicted molar refractivity (Wildman–Crippen MR) is 105 cm³/mol. The lowest BCUT2D eigenvalue weighted by atomic mass is 9.97. The molecule has 2 unspecified atom stereocenters. The number of hydrazine groups is 1. The predicted octanol–water partition coefficient (Wildman–Crippen LogP) is 3.22. The van der Waals surface area contributed by atoms with Gasteiger partial charge in [-0.05, 0) is 36.6 Å². The quantitative estimate of drug-likeness (QED) is 0.339. The van der Waals surface area contributed by atoms with E-state index in [-0.39, 0.29) is 13.0 Å². The van der Waals surface area contributed by atoms with E-state index in [0.717, 1.165) is 5.56 Å². The first-order valence-electron chi connectivity index (χ1n) is 8.78. The van der Waals surface area contributed by atoms with Gasteiger partial charge in [-0.15, -0.1) is 0 Å². The Morgan fingerprint density at radius 2 is 1.81 bits per heavy atom. The van der Waals surface area contributed by atoms with E-state index >= 15 is 0 Å². The van der Waals surface area contributed by atoms with Crippen LogP contribution in [0.1, 0.15) is 25.0 Å². The molecule has 0 saturated heterocycles. The number of carbonyl (C=O) groups excluding carboxylic acids is 1. The van der Waals surface area contributed by atoms with E-state index in [0.29, 0.717) is 17.0 Å². The summed E-state index contributed by atoms with van der Waals surface area (Å²) < 4.78 is 10.4. The Labute approximate surface area is 159 Å². The fraction of sp³-hybridized carbons (Fsp3) is 0.286. The Morgan fingerprint density at radius 3 is 2.48 bits per heavy atom. The van der Waals surface area contributed by atoms with Gasteiger partial charge in [0, 0.05) is 0 Å². The van der Waals surface area contributed by atoms with Crippen molar-refractivity contribution in [3.05, 3.63) is 72.3 Å². The van der Waals surface area contributed by atoms with Crippen LogP contribution >= 0.6 is 0 Å². The van der Waals surface area contributed by atoms with Crippen molar-refractivity contribution in [3.8, 4) is 5.75 Å². The van der Waals surface area contributed by atoms with Crippen molar-refractivity contribution in [2.24, 2.45) is 0 Å². The summed E-state index contributed by atoms with van der Waals surface area (Å²) in [5.41, 5.74) is 7.86. The number of hydrogen-bond donors (Lipinski definition) is 3. The molecule has 6 nitrogen and oxygen atoms in total. The molecule has 0 aliphatic carbocycles. The first-order chi connectivity index (χ1) is 13.1. The number of ether oxygens (including phenoxy) is 2. The molecule has 0 radical (unpaired) electrons. The first kappa shape index (κ1) is 20.5. The van der Waals surface area contributed by atoms with Gasteiger partial charge in [0.2, 0.25) is 0 Å². The maximum absolute atomic E-state index is 12.3. The molecule has 27 heavy (non-hydrogen) atoms. The van der Waals surface area contributed by atoms with Gasteiger partial charge < -0.3 is 20.0 Å². The highest BCUT2D eigenvalue weighted by Crippen LogP contribution is 2.25. The van der Waals surface area contributed by atoms with E-state index in [1.807, 2.05) is 54.6 Å². The molecular formula is C21H26N2O4. The Hall–Kier alpha value is -2.83. The molecule has 0 aromatic heterocycles. The summed E-state index contributed by atoms with van der Waals surface area (Å²) in [6.07, 6.45) is -0.659. The lowest BCUT2D eigenvalue weighted by molar-refractivity contribution is -0.145. The number of para-hydroxylation sites is 2. The summed E-state index contributed by atoms with van der Waals surface area (Å²) >= 11 is 0. The molecule has 0 fully saturated rings. The van der Waals surface area contributed by atoms with Crippen molar-refractivity contribution in [1.29, 1.82) is 0 Å². The topological polar surface area (TPSA) is 79.8 Å². The highest BCUT2D eigenvalue weighted by molar-refractivity contribution is 5.76. The molecule has 2 aromatic rings. The SMILES string of the molecule is C=C(CC(NNc1ccccc1OC)C(=O)OCC)C(O)c1ccccc1. The van der Waals surface area contributed by atoms with Gasteiger partial charge in [-0.3, -0.25) is 4.79 Å². The van der Waals surface area contributed by atoms with E-state index in [1.54, 1.807) is 14.0 Å². The van der Waals surface area contributed by atoms with Crippen LogP contribution in [-0.2, 0) is 9.53 Å². The summed E-state index contributed by atoms with van der Waals surface area (Å²) in [6.45, 7) is 5.96. The van der Waals surface area contributed by atoms with Crippen molar-refractivity contribution < 1.29 is 19.4 Å². The number of rotatable bonds is 10. The van der Waals surface area contributed by atoms with Gasteiger partial charge in [0.15, 0.2) is 0 Å². The molecule has 0 aliphatic rings. The van der Waals surface area contributed by atoms with E-state index in [9.17, 15) is 9.90 Å². The monoisotopic (exact) mass is 370 g/mol. The van der Waals surface area contributed by atoms with Crippen LogP contribution in [0.4, 0.5) is 5.69 Å². The largest absolute Gasteiger partial charge is 0.495 e. The number of hydrogen-bond acceptors (Lipinski definition) is 6. The van der Waals surface area contributed by atoms with Gasteiger partial charge in [0.1, 0.15) is 11.8 Å². The molecule has 0 aliphatic heterocycles. The maximum Gasteiger partial charge on any atom is 0.325 e. The van der Waals surface area contributed by atoms with Gasteiger partial charge in [-0.2, -0.15) is 0 Å². The minimum absolute atomic E-state index is 0.205. The highest BCUT2D eigenvalue weighted by Gasteiger charge is 2.24. The van der Waals surface area contributed by atoms with Crippen molar-refractivity contribution in [1.82, 2.24) is 5.43 Å². The maximum atomic E-state index is 12.3. The zero-order chi connectivity index (χ0) is 19.6. The number of benzene rings is 2. The molecule has 3 N–H and O–H groups in total. The van der Waals surface area contributed by atoms with Crippen LogP contribution in [0, 0.1) is 0 Å². The van der Waals surface area contributed by atoms with Crippen LogP contribution in [0.3, 0.4) is 0 Å². The molecule has 2 aromatic carbocycles. The van der Waals surface area contributed by atoms with Crippen LogP contribution in [0.5, 0.6) is 5.75 Å². The molecule has 6 heteroatoms. The summed E-state index contributed by atoms with van der Waals surface area (Å²) in [5, 5.41) is 10.5. The summed E-state index contributed by atoms with van der Waals surface area (Å²) in [7, 11) is 1.57. The lowest BCUT2D eigenvalue weighted by Crippen LogP contribution is -2.42. The Balaban J connectivity index is 2.07. The summed E-state index contributed by atoms with van der Waals surface area (Å²) in [4.78, 5) is 12.3. The van der Waals surface area contributed by atoms with E-state index in [2.05, 4.69) is 17.4 Å². The van der Waals surface area contributed by atoms with Gasteiger partial charge in [-0.1, -0.05) is 49.0 Å². The second-order valence-corrected chi connectivity index (χ2v) is 5.95. The number of aliphatic hydroxyl groups excluding tert-OH is 1. The molecule has 0 spiro atoms. The number of carbonyl (C=O) groups is 1. The fourth-order valence-electron chi connectivity index (χ4n) is 2.59. The number of esters is 1. The third-order valence-corrected chi connectivity index (χ3v) is 4.03. The third-order valence-electron chi connectivity index (χ3n) is 4.03. The zero-order valence-electron chi connectivity index (χ0n) is 15.6. The number of methoxy groups -OCH3 is 1. The standard InChI is InChI=1S/C21H26N2O4/c1-4-27-21(25)18(23-22-17-12-8-9-13-19(17)26-3)14-15(2)20(24)16-10-6-5-7-11-16/h5-13,18,20,22-24H,2,4,14H2,1,3H3. The van der Waals surface area contributed by atoms with E-state index in [4.69, 9.17) is 9.47 Å². The lowest BCUT2D eigenvalue weighted by Gasteiger charge is -2.22. The summed E-state index contributed by atoms with van der Waals surface area (Å²) in [6, 6.07) is 15.8. The minimum Gasteiger partial charge on any atom is -0.495 e. The van der Waals surface area contributed by atoms with Gasteiger partial charge in [-0.25, -0.2) is 5.43 Å². The molecule has 144 valence electrons. The summed E-state index contributed by atoms with van der Waals surface area (Å²) in [5.74, 6) is 0.206. The van der Waals surface area contributed by atoms with Crippen molar-refractivity contribution in [3.63, 3.8) is 0 Å². The smallest absolute Gasteiger partial charge is 0.325 e. The fourth-order valence-corrected chi connectivity index (χ4v) is 2.59. The average molecular weight is 370 g/mol. The normalized spacial score (nSPS) is 12.7. The number of anilines is 1. The van der Waals surface area contributed by atoms with Crippen molar-refractivity contribution in [2.45, 2.75) is 25.5 Å². The Morgan fingerprint density at radius 1 is 1.15 bits per heavy atom. The highest BCUT2D eigenvalue weighted by atomic mass is 16.5. The average Bonchev–Trinajstić information content (AvgIpc) is 2.71. The molecule has 0 amide bonds. The molecule has 0 bridgehead atoms. The second-order valence-electron chi connectivity index (χ2n) is 5.95. The van der Waals surface area contributed by atoms with Crippen LogP contribution in [0.15, 0.2) is 66.7 Å². The second kappa shape index (κ2) is 10.4. The van der Waals surface area contributed by atoms with Gasteiger partial charge in [0.05, 0.1) is 25.5 Å². The molecule has 2 atom stereocenters. The van der Waals surface area contributed by atoms with Gasteiger partial charge >= 0.3 is 5.97 Å². The molecule has 2 rings (SSSR count). The minimum atomic E-state index is -0.865. The third kappa shape index (κ3) is 5.84. The number of aliphatic hydroxyl groups is 1. The van der Waals surface area contributed by atoms with Crippen molar-refractivity contribution >= 4 is 11.7 Å². The molecule has 0 heterocycles. The Bertz CT molecular complexity index is 749. The van der Waals surface area contributed by atoms with Crippen molar-refractivity contribution in [2.75, 3.05) is 19.1 Å². The number of nitrogens with one attached hydrogen (secondary N) is 2. The first-order valence-corrected chi connectivity index (χ1v) is 8.78. The van der Waals surface area contributed by atoms with E-state index < -0.39 is 18.1 Å². The van der Waals surface area contributed by atoms with Crippen LogP contribution < -0.4 is 15.6 Å².